The number of carbonyl (C=O) groups is 3. The van der Waals surface area contributed by atoms with Crippen molar-refractivity contribution >= 4 is 17.8 Å². The zero-order valence-corrected chi connectivity index (χ0v) is 16.8. The summed E-state index contributed by atoms with van der Waals surface area (Å²) in [7, 11) is 1.55. The number of likely N-dealkylation sites (N-methyl/N-ethyl adjacent to an activating group) is 1. The van der Waals surface area contributed by atoms with E-state index >= 15 is 0 Å². The monoisotopic (exact) mass is 429 g/mol. The molecule has 1 aliphatic heterocycles. The molecule has 0 saturated carbocycles. The van der Waals surface area contributed by atoms with Gasteiger partial charge in [-0.3, -0.25) is 14.5 Å². The predicted octanol–water partition coefficient (Wildman–Crippen LogP) is 2.64. The maximum atomic E-state index is 13.1. The van der Waals surface area contributed by atoms with E-state index < -0.39 is 30.0 Å². The summed E-state index contributed by atoms with van der Waals surface area (Å²) in [5, 5.41) is 2.79. The molecule has 7 nitrogen and oxygen atoms in total. The number of ether oxygens (including phenoxy) is 1. The molecule has 162 valence electrons. The van der Waals surface area contributed by atoms with Gasteiger partial charge in [0, 0.05) is 13.6 Å². The summed E-state index contributed by atoms with van der Waals surface area (Å²) in [5.74, 6) is -0.813. The predicted molar refractivity (Wildman–Crippen MR) is 106 cm³/mol. The third kappa shape index (κ3) is 3.83. The lowest BCUT2D eigenvalue weighted by atomic mass is 9.92. The Morgan fingerprint density at radius 2 is 1.90 bits per heavy atom. The van der Waals surface area contributed by atoms with Gasteiger partial charge in [0.15, 0.2) is 0 Å². The van der Waals surface area contributed by atoms with E-state index in [-0.39, 0.29) is 18.8 Å². The molecule has 1 fully saturated rings. The Hall–Kier alpha value is -3.49. The maximum Gasteiger partial charge on any atom is 0.387 e. The summed E-state index contributed by atoms with van der Waals surface area (Å²) in [6.45, 7) is -3.10. The van der Waals surface area contributed by atoms with Crippen LogP contribution in [0.5, 0.6) is 5.75 Å². The number of hydrogen-bond donors (Lipinski definition) is 1. The Morgan fingerprint density at radius 1 is 1.19 bits per heavy atom. The molecule has 2 aromatic carbocycles. The molecule has 1 N–H and O–H groups in total. The lowest BCUT2D eigenvalue weighted by Gasteiger charge is -2.23. The molecule has 9 heteroatoms. The molecule has 1 heterocycles. The molecule has 1 spiro atoms. The van der Waals surface area contributed by atoms with E-state index in [2.05, 4.69) is 10.1 Å². The zero-order chi connectivity index (χ0) is 22.2. The highest BCUT2D eigenvalue weighted by Gasteiger charge is 2.55. The summed E-state index contributed by atoms with van der Waals surface area (Å²) in [6.07, 6.45) is 1.14. The molecule has 2 aliphatic rings. The van der Waals surface area contributed by atoms with Gasteiger partial charge in [-0.05, 0) is 41.7 Å². The number of imide groups is 1. The van der Waals surface area contributed by atoms with Crippen LogP contribution in [0.25, 0.3) is 0 Å². The van der Waals surface area contributed by atoms with Crippen LogP contribution in [0.15, 0.2) is 48.5 Å². The highest BCUT2D eigenvalue weighted by atomic mass is 19.3. The van der Waals surface area contributed by atoms with Crippen molar-refractivity contribution in [2.75, 3.05) is 13.6 Å². The van der Waals surface area contributed by atoms with Gasteiger partial charge < -0.3 is 15.0 Å². The van der Waals surface area contributed by atoms with Gasteiger partial charge in [-0.15, -0.1) is 0 Å². The standard InChI is InChI=1S/C22H21F2N3O4/c1-26(12-14-6-8-16(9-7-14)31-20(23)24)18(28)13-27-19(29)22(25-21(27)30)11-10-15-4-2-3-5-17(15)22/h2-9,20H,10-13H2,1H3,(H,25,30). The minimum absolute atomic E-state index is 0.0224. The smallest absolute Gasteiger partial charge is 0.387 e. The van der Waals surface area contributed by atoms with E-state index in [0.717, 1.165) is 16.0 Å². The fraction of sp³-hybridized carbons (Fsp3) is 0.318. The molecule has 1 aliphatic carbocycles. The molecule has 4 rings (SSSR count). The van der Waals surface area contributed by atoms with Crippen molar-refractivity contribution in [2.24, 2.45) is 0 Å². The molecular formula is C22H21F2N3O4. The molecular weight excluding hydrogens is 408 g/mol. The van der Waals surface area contributed by atoms with Crippen molar-refractivity contribution in [1.29, 1.82) is 0 Å². The lowest BCUT2D eigenvalue weighted by molar-refractivity contribution is -0.138. The van der Waals surface area contributed by atoms with Gasteiger partial charge >= 0.3 is 12.6 Å². The second kappa shape index (κ2) is 7.98. The first kappa shape index (κ1) is 20.8. The average Bonchev–Trinajstić information content (AvgIpc) is 3.22. The highest BCUT2D eigenvalue weighted by Crippen LogP contribution is 2.41. The van der Waals surface area contributed by atoms with Crippen molar-refractivity contribution in [3.63, 3.8) is 0 Å². The van der Waals surface area contributed by atoms with Gasteiger partial charge in [-0.1, -0.05) is 36.4 Å². The first-order chi connectivity index (χ1) is 14.8. The molecule has 31 heavy (non-hydrogen) atoms. The molecule has 0 radical (unpaired) electrons. The Kier molecular flexibility index (Phi) is 5.34. The second-order valence-electron chi connectivity index (χ2n) is 7.66. The Bertz CT molecular complexity index is 1030. The summed E-state index contributed by atoms with van der Waals surface area (Å²) in [5.41, 5.74) is 1.38. The fourth-order valence-corrected chi connectivity index (χ4v) is 4.13. The largest absolute Gasteiger partial charge is 0.435 e. The number of benzene rings is 2. The van der Waals surface area contributed by atoms with Crippen LogP contribution in [-0.2, 0) is 28.1 Å². The van der Waals surface area contributed by atoms with Gasteiger partial charge in [-0.2, -0.15) is 8.78 Å². The van der Waals surface area contributed by atoms with Crippen LogP contribution in [0.3, 0.4) is 0 Å². The van der Waals surface area contributed by atoms with E-state index in [1.165, 1.54) is 17.0 Å². The zero-order valence-electron chi connectivity index (χ0n) is 16.8. The van der Waals surface area contributed by atoms with Crippen molar-refractivity contribution in [3.8, 4) is 5.75 Å². The number of nitrogens with one attached hydrogen (secondary N) is 1. The Balaban J connectivity index is 1.41. The summed E-state index contributed by atoms with van der Waals surface area (Å²) < 4.78 is 28.8. The number of fused-ring (bicyclic) bond motifs is 2. The van der Waals surface area contributed by atoms with Gasteiger partial charge in [0.05, 0.1) is 0 Å². The van der Waals surface area contributed by atoms with Crippen molar-refractivity contribution < 1.29 is 27.9 Å². The minimum atomic E-state index is -2.91. The highest BCUT2D eigenvalue weighted by molar-refractivity contribution is 6.09. The molecule has 0 bridgehead atoms. The minimum Gasteiger partial charge on any atom is -0.435 e. The van der Waals surface area contributed by atoms with Crippen molar-refractivity contribution in [1.82, 2.24) is 15.1 Å². The van der Waals surface area contributed by atoms with Gasteiger partial charge in [0.2, 0.25) is 5.91 Å². The first-order valence-corrected chi connectivity index (χ1v) is 9.80. The molecule has 1 unspecified atom stereocenters. The van der Waals surface area contributed by atoms with Crippen LogP contribution in [0.2, 0.25) is 0 Å². The topological polar surface area (TPSA) is 79.0 Å². The quantitative estimate of drug-likeness (QED) is 0.716. The van der Waals surface area contributed by atoms with E-state index in [1.54, 1.807) is 19.2 Å². The normalized spacial score (nSPS) is 19.7. The SMILES string of the molecule is CN(Cc1ccc(OC(F)F)cc1)C(=O)CN1C(=O)NC2(CCc3ccccc32)C1=O. The maximum absolute atomic E-state index is 13.1. The number of halogens is 2. The second-order valence-corrected chi connectivity index (χ2v) is 7.66. The molecule has 0 aromatic heterocycles. The number of hydrogen-bond acceptors (Lipinski definition) is 4. The number of aryl methyl sites for hydroxylation is 1. The first-order valence-electron chi connectivity index (χ1n) is 9.80. The van der Waals surface area contributed by atoms with Gasteiger partial charge in [0.25, 0.3) is 5.91 Å². The van der Waals surface area contributed by atoms with Gasteiger partial charge in [-0.25, -0.2) is 4.79 Å². The Labute approximate surface area is 177 Å². The number of nitrogens with zero attached hydrogens (tertiary/aromatic N) is 2. The number of alkyl halides is 2. The number of carbonyl (C=O) groups excluding carboxylic acids is 3. The van der Waals surface area contributed by atoms with Crippen molar-refractivity contribution in [3.05, 3.63) is 65.2 Å². The lowest BCUT2D eigenvalue weighted by Crippen LogP contribution is -2.44. The van der Waals surface area contributed by atoms with Crippen LogP contribution in [-0.4, -0.2) is 47.8 Å². The third-order valence-corrected chi connectivity index (χ3v) is 5.71. The number of amides is 4. The van der Waals surface area contributed by atoms with Gasteiger partial charge in [0.1, 0.15) is 17.8 Å². The fourth-order valence-electron chi connectivity index (χ4n) is 4.13. The molecule has 1 atom stereocenters. The summed E-state index contributed by atoms with van der Waals surface area (Å²) in [6, 6.07) is 12.8. The van der Waals surface area contributed by atoms with E-state index in [0.29, 0.717) is 18.4 Å². The average molecular weight is 429 g/mol. The van der Waals surface area contributed by atoms with Crippen LogP contribution in [0.4, 0.5) is 13.6 Å². The number of urea groups is 1. The molecule has 2 aromatic rings. The van der Waals surface area contributed by atoms with Crippen LogP contribution >= 0.6 is 0 Å². The summed E-state index contributed by atoms with van der Waals surface area (Å²) in [4.78, 5) is 40.7. The van der Waals surface area contributed by atoms with E-state index in [9.17, 15) is 23.2 Å². The molecule has 1 saturated heterocycles. The molecule has 4 amide bonds. The van der Waals surface area contributed by atoms with Crippen LogP contribution < -0.4 is 10.1 Å². The van der Waals surface area contributed by atoms with Crippen LogP contribution in [0, 0.1) is 0 Å². The van der Waals surface area contributed by atoms with Crippen LogP contribution in [0.1, 0.15) is 23.1 Å². The van der Waals surface area contributed by atoms with E-state index in [1.807, 2.05) is 24.3 Å². The summed E-state index contributed by atoms with van der Waals surface area (Å²) >= 11 is 0. The van der Waals surface area contributed by atoms with E-state index in [4.69, 9.17) is 0 Å². The Morgan fingerprint density at radius 3 is 2.61 bits per heavy atom. The van der Waals surface area contributed by atoms with Crippen molar-refractivity contribution in [2.45, 2.75) is 31.5 Å². The third-order valence-electron chi connectivity index (χ3n) is 5.71. The number of rotatable bonds is 6.